The number of fused-ring (bicyclic) bond motifs is 1. The van der Waals surface area contributed by atoms with Crippen molar-refractivity contribution in [1.29, 1.82) is 0 Å². The van der Waals surface area contributed by atoms with Gasteiger partial charge in [-0.25, -0.2) is 4.79 Å². The zero-order chi connectivity index (χ0) is 23.9. The maximum atomic E-state index is 12.1. The number of esters is 1. The Kier molecular flexibility index (Phi) is 7.68. The van der Waals surface area contributed by atoms with E-state index in [0.29, 0.717) is 18.1 Å². The largest absolute Gasteiger partial charge is 0.494 e. The SMILES string of the molecule is CCCOc1ccc(N(C)c2ccc3c(c2)OCC[C@H]3CCc2cnccc2C(=O)OC)cc1. The first kappa shape index (κ1) is 23.6. The molecule has 0 N–H and O–H groups in total. The van der Waals surface area contributed by atoms with E-state index in [1.807, 2.05) is 12.1 Å². The Hall–Kier alpha value is -3.54. The fraction of sp³-hybridized carbons (Fsp3) is 0.357. The fourth-order valence-corrected chi connectivity index (χ4v) is 4.36. The molecule has 3 aromatic rings. The van der Waals surface area contributed by atoms with E-state index in [2.05, 4.69) is 54.2 Å². The van der Waals surface area contributed by atoms with Crippen LogP contribution in [0.15, 0.2) is 60.9 Å². The second-order valence-corrected chi connectivity index (χ2v) is 8.52. The molecular weight excluding hydrogens is 428 g/mol. The highest BCUT2D eigenvalue weighted by Crippen LogP contribution is 2.40. The molecule has 0 unspecified atom stereocenters. The second kappa shape index (κ2) is 11.1. The first-order valence-electron chi connectivity index (χ1n) is 11.8. The van der Waals surface area contributed by atoms with Crippen LogP contribution in [0.2, 0.25) is 0 Å². The van der Waals surface area contributed by atoms with E-state index in [0.717, 1.165) is 60.7 Å². The Bertz CT molecular complexity index is 1110. The first-order chi connectivity index (χ1) is 16.6. The van der Waals surface area contributed by atoms with Gasteiger partial charge in [0.05, 0.1) is 25.9 Å². The lowest BCUT2D eigenvalue weighted by atomic mass is 9.87. The van der Waals surface area contributed by atoms with Crippen LogP contribution in [0.3, 0.4) is 0 Å². The minimum Gasteiger partial charge on any atom is -0.494 e. The van der Waals surface area contributed by atoms with Crippen LogP contribution in [0, 0.1) is 0 Å². The number of carbonyl (C=O) groups excluding carboxylic acids is 1. The summed E-state index contributed by atoms with van der Waals surface area (Å²) < 4.78 is 16.7. The number of aryl methyl sites for hydroxylation is 1. The molecule has 0 saturated heterocycles. The maximum absolute atomic E-state index is 12.1. The van der Waals surface area contributed by atoms with Crippen LogP contribution >= 0.6 is 0 Å². The van der Waals surface area contributed by atoms with Gasteiger partial charge in [-0.3, -0.25) is 4.98 Å². The van der Waals surface area contributed by atoms with E-state index in [-0.39, 0.29) is 5.97 Å². The molecule has 0 bridgehead atoms. The van der Waals surface area contributed by atoms with Crippen LogP contribution in [-0.2, 0) is 11.2 Å². The summed E-state index contributed by atoms with van der Waals surface area (Å²) in [6.45, 7) is 3.51. The van der Waals surface area contributed by atoms with Gasteiger partial charge in [0.15, 0.2) is 0 Å². The molecule has 2 aromatic carbocycles. The van der Waals surface area contributed by atoms with Gasteiger partial charge in [0, 0.05) is 36.9 Å². The summed E-state index contributed by atoms with van der Waals surface area (Å²) in [5.41, 5.74) is 4.89. The topological polar surface area (TPSA) is 60.9 Å². The minimum absolute atomic E-state index is 0.317. The van der Waals surface area contributed by atoms with Crippen LogP contribution in [0.1, 0.15) is 53.6 Å². The van der Waals surface area contributed by atoms with E-state index < -0.39 is 0 Å². The molecule has 0 amide bonds. The van der Waals surface area contributed by atoms with Crippen molar-refractivity contribution >= 4 is 17.3 Å². The molecule has 4 rings (SSSR count). The lowest BCUT2D eigenvalue weighted by Crippen LogP contribution is -2.17. The van der Waals surface area contributed by atoms with Gasteiger partial charge in [-0.1, -0.05) is 13.0 Å². The number of hydrogen-bond donors (Lipinski definition) is 0. The Labute approximate surface area is 201 Å². The summed E-state index contributed by atoms with van der Waals surface area (Å²) in [6.07, 6.45) is 7.02. The molecule has 1 atom stereocenters. The molecule has 2 heterocycles. The molecule has 6 heteroatoms. The van der Waals surface area contributed by atoms with Crippen molar-refractivity contribution in [3.63, 3.8) is 0 Å². The number of pyridine rings is 1. The molecule has 6 nitrogen and oxygen atoms in total. The molecule has 1 aliphatic rings. The molecule has 0 spiro atoms. The highest BCUT2D eigenvalue weighted by Gasteiger charge is 2.23. The summed E-state index contributed by atoms with van der Waals surface area (Å²) >= 11 is 0. The summed E-state index contributed by atoms with van der Waals surface area (Å²) in [7, 11) is 3.46. The van der Waals surface area contributed by atoms with Crippen LogP contribution in [0.5, 0.6) is 11.5 Å². The zero-order valence-corrected chi connectivity index (χ0v) is 20.1. The van der Waals surface area contributed by atoms with Crippen LogP contribution in [0.25, 0.3) is 0 Å². The van der Waals surface area contributed by atoms with Crippen molar-refractivity contribution in [2.75, 3.05) is 32.3 Å². The third-order valence-corrected chi connectivity index (χ3v) is 6.32. The van der Waals surface area contributed by atoms with Gasteiger partial charge in [-0.05, 0) is 79.1 Å². The van der Waals surface area contributed by atoms with Crippen molar-refractivity contribution in [3.05, 3.63) is 77.6 Å². The Morgan fingerprint density at radius 3 is 2.71 bits per heavy atom. The average molecular weight is 461 g/mol. The van der Waals surface area contributed by atoms with Crippen molar-refractivity contribution in [2.45, 2.75) is 38.5 Å². The van der Waals surface area contributed by atoms with Gasteiger partial charge in [0.2, 0.25) is 0 Å². The molecular formula is C28H32N2O4. The van der Waals surface area contributed by atoms with Crippen LogP contribution < -0.4 is 14.4 Å². The monoisotopic (exact) mass is 460 g/mol. The maximum Gasteiger partial charge on any atom is 0.338 e. The summed E-state index contributed by atoms with van der Waals surface area (Å²) in [5.74, 6) is 1.87. The summed E-state index contributed by atoms with van der Waals surface area (Å²) in [6, 6.07) is 16.3. The second-order valence-electron chi connectivity index (χ2n) is 8.52. The highest BCUT2D eigenvalue weighted by molar-refractivity contribution is 5.90. The quantitative estimate of drug-likeness (QED) is 0.369. The molecule has 0 radical (unpaired) electrons. The lowest BCUT2D eigenvalue weighted by molar-refractivity contribution is 0.0599. The molecule has 0 aliphatic carbocycles. The Balaban J connectivity index is 1.47. The fourth-order valence-electron chi connectivity index (χ4n) is 4.36. The lowest BCUT2D eigenvalue weighted by Gasteiger charge is -2.28. The molecule has 34 heavy (non-hydrogen) atoms. The normalized spacial score (nSPS) is 14.6. The van der Waals surface area contributed by atoms with Crippen molar-refractivity contribution in [3.8, 4) is 11.5 Å². The average Bonchev–Trinajstić information content (AvgIpc) is 2.90. The van der Waals surface area contributed by atoms with Gasteiger partial charge < -0.3 is 19.1 Å². The van der Waals surface area contributed by atoms with Gasteiger partial charge >= 0.3 is 5.97 Å². The Morgan fingerprint density at radius 2 is 1.94 bits per heavy atom. The number of hydrogen-bond acceptors (Lipinski definition) is 6. The van der Waals surface area contributed by atoms with Crippen LogP contribution in [0.4, 0.5) is 11.4 Å². The molecule has 0 saturated carbocycles. The zero-order valence-electron chi connectivity index (χ0n) is 20.1. The standard InChI is InChI=1S/C28H32N2O4/c1-4-16-33-24-10-7-22(8-11-24)30(2)23-9-12-25-20(14-17-34-27(25)18-23)5-6-21-19-29-15-13-26(21)28(31)32-3/h7-13,15,18-20H,4-6,14,16-17H2,1-3H3/t20-/m1/s1. The van der Waals surface area contributed by atoms with E-state index in [9.17, 15) is 4.79 Å². The van der Waals surface area contributed by atoms with Gasteiger partial charge in [-0.2, -0.15) is 0 Å². The number of anilines is 2. The number of aromatic nitrogens is 1. The number of benzene rings is 2. The number of rotatable bonds is 9. The Morgan fingerprint density at radius 1 is 1.15 bits per heavy atom. The van der Waals surface area contributed by atoms with E-state index in [4.69, 9.17) is 14.2 Å². The highest BCUT2D eigenvalue weighted by atomic mass is 16.5. The molecule has 1 aromatic heterocycles. The summed E-state index contributed by atoms with van der Waals surface area (Å²) in [4.78, 5) is 18.4. The first-order valence-corrected chi connectivity index (χ1v) is 11.8. The van der Waals surface area contributed by atoms with Crippen molar-refractivity contribution in [1.82, 2.24) is 4.98 Å². The predicted octanol–water partition coefficient (Wildman–Crippen LogP) is 5.92. The molecule has 0 fully saturated rings. The predicted molar refractivity (Wildman–Crippen MR) is 133 cm³/mol. The number of methoxy groups -OCH3 is 1. The van der Waals surface area contributed by atoms with Crippen LogP contribution in [-0.4, -0.2) is 38.3 Å². The third kappa shape index (κ3) is 5.33. The number of ether oxygens (including phenoxy) is 3. The van der Waals surface area contributed by atoms with Gasteiger partial charge in [0.1, 0.15) is 11.5 Å². The summed E-state index contributed by atoms with van der Waals surface area (Å²) in [5, 5.41) is 0. The third-order valence-electron chi connectivity index (χ3n) is 6.32. The smallest absolute Gasteiger partial charge is 0.338 e. The van der Waals surface area contributed by atoms with E-state index in [1.165, 1.54) is 12.7 Å². The van der Waals surface area contributed by atoms with Crippen molar-refractivity contribution < 1.29 is 19.0 Å². The van der Waals surface area contributed by atoms with E-state index >= 15 is 0 Å². The van der Waals surface area contributed by atoms with Gasteiger partial charge in [-0.15, -0.1) is 0 Å². The van der Waals surface area contributed by atoms with E-state index in [1.54, 1.807) is 18.5 Å². The molecule has 178 valence electrons. The number of nitrogens with zero attached hydrogens (tertiary/aromatic N) is 2. The van der Waals surface area contributed by atoms with Crippen molar-refractivity contribution in [2.24, 2.45) is 0 Å². The number of carbonyl (C=O) groups is 1. The molecule has 1 aliphatic heterocycles. The van der Waals surface area contributed by atoms with Gasteiger partial charge in [0.25, 0.3) is 0 Å². The minimum atomic E-state index is -0.317.